The van der Waals surface area contributed by atoms with Crippen LogP contribution in [0.1, 0.15) is 50.7 Å². The average molecular weight is 296 g/mol. The van der Waals surface area contributed by atoms with E-state index in [-0.39, 0.29) is 6.10 Å². The number of nitrogens with one attached hydrogen (secondary N) is 1. The van der Waals surface area contributed by atoms with Crippen molar-refractivity contribution in [2.24, 2.45) is 5.92 Å². The molecule has 1 aromatic rings. The van der Waals surface area contributed by atoms with Crippen molar-refractivity contribution in [1.29, 1.82) is 0 Å². The topological polar surface area (TPSA) is 21.3 Å². The predicted molar refractivity (Wildman–Crippen MR) is 85.2 cm³/mol. The molecule has 20 heavy (non-hydrogen) atoms. The SMILES string of the molecule is CCC1CCCCC1OC(CNC)c1cccc(Cl)c1. The van der Waals surface area contributed by atoms with E-state index in [0.717, 1.165) is 11.6 Å². The van der Waals surface area contributed by atoms with Crippen molar-refractivity contribution in [3.05, 3.63) is 34.9 Å². The molecule has 0 saturated heterocycles. The van der Waals surface area contributed by atoms with Crippen LogP contribution in [0.5, 0.6) is 0 Å². The molecular formula is C17H26ClNO. The fraction of sp³-hybridized carbons (Fsp3) is 0.647. The zero-order valence-corrected chi connectivity index (χ0v) is 13.3. The van der Waals surface area contributed by atoms with Crippen LogP contribution >= 0.6 is 11.6 Å². The Balaban J connectivity index is 2.08. The summed E-state index contributed by atoms with van der Waals surface area (Å²) in [4.78, 5) is 0. The molecule has 3 heteroatoms. The van der Waals surface area contributed by atoms with Crippen molar-refractivity contribution in [3.8, 4) is 0 Å². The molecule has 1 aliphatic rings. The molecule has 1 aromatic carbocycles. The van der Waals surface area contributed by atoms with Gasteiger partial charge in [0.05, 0.1) is 12.2 Å². The number of halogens is 1. The first kappa shape index (κ1) is 15.8. The normalized spacial score (nSPS) is 24.6. The lowest BCUT2D eigenvalue weighted by atomic mass is 9.84. The van der Waals surface area contributed by atoms with Gasteiger partial charge in [0.15, 0.2) is 0 Å². The van der Waals surface area contributed by atoms with Crippen molar-refractivity contribution in [2.75, 3.05) is 13.6 Å². The molecule has 1 saturated carbocycles. The fourth-order valence-electron chi connectivity index (χ4n) is 3.17. The minimum atomic E-state index is 0.0934. The quantitative estimate of drug-likeness (QED) is 0.829. The highest BCUT2D eigenvalue weighted by atomic mass is 35.5. The highest BCUT2D eigenvalue weighted by Crippen LogP contribution is 2.33. The molecule has 1 N–H and O–H groups in total. The maximum absolute atomic E-state index is 6.46. The monoisotopic (exact) mass is 295 g/mol. The van der Waals surface area contributed by atoms with Crippen molar-refractivity contribution in [1.82, 2.24) is 5.32 Å². The van der Waals surface area contributed by atoms with Crippen LogP contribution in [0.15, 0.2) is 24.3 Å². The number of likely N-dealkylation sites (N-methyl/N-ethyl adjacent to an activating group) is 1. The van der Waals surface area contributed by atoms with E-state index in [2.05, 4.69) is 18.3 Å². The molecule has 0 spiro atoms. The largest absolute Gasteiger partial charge is 0.369 e. The van der Waals surface area contributed by atoms with E-state index in [0.29, 0.717) is 12.0 Å². The summed E-state index contributed by atoms with van der Waals surface area (Å²) in [6, 6.07) is 8.05. The minimum absolute atomic E-state index is 0.0934. The van der Waals surface area contributed by atoms with Crippen molar-refractivity contribution >= 4 is 11.6 Å². The van der Waals surface area contributed by atoms with Crippen LogP contribution in [0.3, 0.4) is 0 Å². The standard InChI is InChI=1S/C17H26ClNO/c1-3-13-7-4-5-10-16(13)20-17(12-19-2)14-8-6-9-15(18)11-14/h6,8-9,11,13,16-17,19H,3-5,7,10,12H2,1-2H3. The average Bonchev–Trinajstić information content (AvgIpc) is 2.47. The summed E-state index contributed by atoms with van der Waals surface area (Å²) in [6.07, 6.45) is 6.85. The number of hydrogen-bond donors (Lipinski definition) is 1. The van der Waals surface area contributed by atoms with E-state index in [1.807, 2.05) is 25.2 Å². The number of hydrogen-bond acceptors (Lipinski definition) is 2. The first-order chi connectivity index (χ1) is 9.74. The molecule has 0 radical (unpaired) electrons. The molecule has 112 valence electrons. The molecule has 0 bridgehead atoms. The van der Waals surface area contributed by atoms with Gasteiger partial charge >= 0.3 is 0 Å². The zero-order valence-electron chi connectivity index (χ0n) is 12.6. The van der Waals surface area contributed by atoms with Crippen LogP contribution in [-0.4, -0.2) is 19.7 Å². The summed E-state index contributed by atoms with van der Waals surface area (Å²) in [5, 5.41) is 4.02. The third kappa shape index (κ3) is 4.21. The van der Waals surface area contributed by atoms with E-state index in [1.165, 1.54) is 37.7 Å². The van der Waals surface area contributed by atoms with Gasteiger partial charge in [0.1, 0.15) is 0 Å². The Morgan fingerprint density at radius 3 is 2.85 bits per heavy atom. The first-order valence-electron chi connectivity index (χ1n) is 7.80. The molecule has 1 aliphatic carbocycles. The van der Waals surface area contributed by atoms with Crippen LogP contribution in [0, 0.1) is 5.92 Å². The van der Waals surface area contributed by atoms with E-state index in [9.17, 15) is 0 Å². The minimum Gasteiger partial charge on any atom is -0.369 e. The highest BCUT2D eigenvalue weighted by molar-refractivity contribution is 6.30. The van der Waals surface area contributed by atoms with E-state index >= 15 is 0 Å². The molecular weight excluding hydrogens is 270 g/mol. The third-order valence-corrected chi connectivity index (χ3v) is 4.55. The fourth-order valence-corrected chi connectivity index (χ4v) is 3.37. The van der Waals surface area contributed by atoms with E-state index < -0.39 is 0 Å². The van der Waals surface area contributed by atoms with Crippen LogP contribution in [0.2, 0.25) is 5.02 Å². The van der Waals surface area contributed by atoms with Crippen molar-refractivity contribution in [3.63, 3.8) is 0 Å². The molecule has 3 atom stereocenters. The predicted octanol–water partition coefficient (Wildman–Crippen LogP) is 4.59. The lowest BCUT2D eigenvalue weighted by Crippen LogP contribution is -2.31. The Morgan fingerprint density at radius 2 is 2.15 bits per heavy atom. The molecule has 3 unspecified atom stereocenters. The van der Waals surface area contributed by atoms with Gasteiger partial charge < -0.3 is 10.1 Å². The van der Waals surface area contributed by atoms with Crippen molar-refractivity contribution in [2.45, 2.75) is 51.2 Å². The van der Waals surface area contributed by atoms with Gasteiger partial charge in [0.25, 0.3) is 0 Å². The van der Waals surface area contributed by atoms with Crippen LogP contribution in [0.25, 0.3) is 0 Å². The second-order valence-corrected chi connectivity index (χ2v) is 6.17. The van der Waals surface area contributed by atoms with Gasteiger partial charge in [-0.25, -0.2) is 0 Å². The summed E-state index contributed by atoms with van der Waals surface area (Å²) in [7, 11) is 1.97. The highest BCUT2D eigenvalue weighted by Gasteiger charge is 2.27. The summed E-state index contributed by atoms with van der Waals surface area (Å²) in [5.74, 6) is 0.710. The van der Waals surface area contributed by atoms with Crippen LogP contribution in [-0.2, 0) is 4.74 Å². The second kappa shape index (κ2) is 8.02. The van der Waals surface area contributed by atoms with Gasteiger partial charge in [0.2, 0.25) is 0 Å². The molecule has 0 aromatic heterocycles. The molecule has 0 amide bonds. The Kier molecular flexibility index (Phi) is 6.34. The van der Waals surface area contributed by atoms with Gasteiger partial charge in [-0.15, -0.1) is 0 Å². The Morgan fingerprint density at radius 1 is 1.35 bits per heavy atom. The summed E-state index contributed by atoms with van der Waals surface area (Å²) in [6.45, 7) is 3.10. The first-order valence-corrected chi connectivity index (χ1v) is 8.18. The van der Waals surface area contributed by atoms with E-state index in [1.54, 1.807) is 0 Å². The van der Waals surface area contributed by atoms with Crippen LogP contribution < -0.4 is 5.32 Å². The Labute approximate surface area is 127 Å². The number of benzene rings is 1. The van der Waals surface area contributed by atoms with Gasteiger partial charge in [-0.05, 0) is 43.5 Å². The number of ether oxygens (including phenoxy) is 1. The molecule has 1 fully saturated rings. The Hall–Kier alpha value is -0.570. The van der Waals surface area contributed by atoms with Gasteiger partial charge in [0, 0.05) is 11.6 Å². The number of rotatable bonds is 6. The summed E-state index contributed by atoms with van der Waals surface area (Å²) in [5.41, 5.74) is 1.17. The maximum atomic E-state index is 6.46. The van der Waals surface area contributed by atoms with Gasteiger partial charge in [-0.3, -0.25) is 0 Å². The third-order valence-electron chi connectivity index (χ3n) is 4.31. The lowest BCUT2D eigenvalue weighted by molar-refractivity contribution is -0.0610. The second-order valence-electron chi connectivity index (χ2n) is 5.73. The molecule has 0 aliphatic heterocycles. The maximum Gasteiger partial charge on any atom is 0.0953 e. The van der Waals surface area contributed by atoms with Crippen molar-refractivity contribution < 1.29 is 4.74 Å². The summed E-state index contributed by atoms with van der Waals surface area (Å²) < 4.78 is 6.46. The molecule has 0 heterocycles. The molecule has 2 rings (SSSR count). The van der Waals surface area contributed by atoms with E-state index in [4.69, 9.17) is 16.3 Å². The smallest absolute Gasteiger partial charge is 0.0953 e. The zero-order chi connectivity index (χ0) is 14.4. The van der Waals surface area contributed by atoms with Gasteiger partial charge in [-0.2, -0.15) is 0 Å². The molecule has 2 nitrogen and oxygen atoms in total. The Bertz CT molecular complexity index is 410. The lowest BCUT2D eigenvalue weighted by Gasteiger charge is -2.34. The van der Waals surface area contributed by atoms with Crippen LogP contribution in [0.4, 0.5) is 0 Å². The summed E-state index contributed by atoms with van der Waals surface area (Å²) >= 11 is 6.11. The van der Waals surface area contributed by atoms with Gasteiger partial charge in [-0.1, -0.05) is 49.9 Å².